The van der Waals surface area contributed by atoms with E-state index in [0.29, 0.717) is 5.88 Å². The molecule has 1 aliphatic carbocycles. The molecule has 0 unspecified atom stereocenters. The Labute approximate surface area is 114 Å². The van der Waals surface area contributed by atoms with Crippen LogP contribution in [0.1, 0.15) is 31.7 Å². The highest BCUT2D eigenvalue weighted by Gasteiger charge is 2.22. The van der Waals surface area contributed by atoms with Gasteiger partial charge in [-0.05, 0) is 37.3 Å². The van der Waals surface area contributed by atoms with Gasteiger partial charge in [0, 0.05) is 19.0 Å². The van der Waals surface area contributed by atoms with E-state index in [1.54, 1.807) is 0 Å². The first kappa shape index (κ1) is 13.0. The average Bonchev–Trinajstić information content (AvgIpc) is 2.29. The first-order chi connectivity index (χ1) is 8.26. The van der Waals surface area contributed by atoms with Gasteiger partial charge in [0.2, 0.25) is 0 Å². The third kappa shape index (κ3) is 2.89. The Bertz CT molecular complexity index is 374. The zero-order valence-electron chi connectivity index (χ0n) is 10.3. The third-order valence-electron chi connectivity index (χ3n) is 3.62. The SMILES string of the molecule is CCN(CC1CCC1)c1c(Cl)cccc1CCl. The number of hydrogen-bond acceptors (Lipinski definition) is 1. The van der Waals surface area contributed by atoms with E-state index in [2.05, 4.69) is 17.9 Å². The largest absolute Gasteiger partial charge is 0.370 e. The van der Waals surface area contributed by atoms with Gasteiger partial charge in [0.1, 0.15) is 0 Å². The van der Waals surface area contributed by atoms with Crippen LogP contribution in [0.4, 0.5) is 5.69 Å². The maximum absolute atomic E-state index is 6.33. The van der Waals surface area contributed by atoms with Gasteiger partial charge in [-0.15, -0.1) is 11.6 Å². The van der Waals surface area contributed by atoms with E-state index in [1.165, 1.54) is 19.3 Å². The second kappa shape index (κ2) is 5.97. The van der Waals surface area contributed by atoms with E-state index < -0.39 is 0 Å². The monoisotopic (exact) mass is 271 g/mol. The van der Waals surface area contributed by atoms with Crippen molar-refractivity contribution in [2.45, 2.75) is 32.1 Å². The number of benzene rings is 1. The van der Waals surface area contributed by atoms with Gasteiger partial charge < -0.3 is 4.90 Å². The summed E-state index contributed by atoms with van der Waals surface area (Å²) >= 11 is 12.3. The molecule has 0 bridgehead atoms. The van der Waals surface area contributed by atoms with Gasteiger partial charge >= 0.3 is 0 Å². The van der Waals surface area contributed by atoms with Gasteiger partial charge in [-0.3, -0.25) is 0 Å². The molecule has 1 aromatic carbocycles. The lowest BCUT2D eigenvalue weighted by atomic mass is 9.85. The Morgan fingerprint density at radius 3 is 2.65 bits per heavy atom. The fraction of sp³-hybridized carbons (Fsp3) is 0.571. The summed E-state index contributed by atoms with van der Waals surface area (Å²) in [5.74, 6) is 1.37. The molecule has 1 nitrogen and oxygen atoms in total. The summed E-state index contributed by atoms with van der Waals surface area (Å²) in [4.78, 5) is 2.38. The molecule has 0 saturated heterocycles. The fourth-order valence-corrected chi connectivity index (χ4v) is 2.92. The van der Waals surface area contributed by atoms with E-state index in [0.717, 1.165) is 35.3 Å². The fourth-order valence-electron chi connectivity index (χ4n) is 2.39. The number of alkyl halides is 1. The number of rotatable bonds is 5. The summed E-state index contributed by atoms with van der Waals surface area (Å²) in [6, 6.07) is 5.99. The van der Waals surface area contributed by atoms with Crippen LogP contribution in [0.25, 0.3) is 0 Å². The molecular weight excluding hydrogens is 253 g/mol. The van der Waals surface area contributed by atoms with Crippen molar-refractivity contribution in [1.82, 2.24) is 0 Å². The van der Waals surface area contributed by atoms with Crippen LogP contribution >= 0.6 is 23.2 Å². The Morgan fingerprint density at radius 1 is 1.35 bits per heavy atom. The molecule has 3 heteroatoms. The quantitative estimate of drug-likeness (QED) is 0.702. The van der Waals surface area contributed by atoms with E-state index in [-0.39, 0.29) is 0 Å². The minimum Gasteiger partial charge on any atom is -0.370 e. The van der Waals surface area contributed by atoms with Crippen LogP contribution in [0.2, 0.25) is 5.02 Å². The molecular formula is C14H19Cl2N. The molecule has 0 N–H and O–H groups in total. The molecule has 0 spiro atoms. The lowest BCUT2D eigenvalue weighted by Crippen LogP contribution is -2.33. The van der Waals surface area contributed by atoms with Crippen LogP contribution in [0, 0.1) is 5.92 Å². The van der Waals surface area contributed by atoms with Gasteiger partial charge in [-0.2, -0.15) is 0 Å². The summed E-state index contributed by atoms with van der Waals surface area (Å²) in [7, 11) is 0. The Hall–Kier alpha value is -0.400. The topological polar surface area (TPSA) is 3.24 Å². The zero-order valence-corrected chi connectivity index (χ0v) is 11.8. The zero-order chi connectivity index (χ0) is 12.3. The summed E-state index contributed by atoms with van der Waals surface area (Å²) < 4.78 is 0. The van der Waals surface area contributed by atoms with Crippen LogP contribution in [0.15, 0.2) is 18.2 Å². The van der Waals surface area contributed by atoms with Crippen LogP contribution in [-0.2, 0) is 5.88 Å². The van der Waals surface area contributed by atoms with Gasteiger partial charge in [0.15, 0.2) is 0 Å². The standard InChI is InChI=1S/C14H19Cl2N/c1-2-17(10-11-5-3-6-11)14-12(9-15)7-4-8-13(14)16/h4,7-8,11H,2-3,5-6,9-10H2,1H3. The lowest BCUT2D eigenvalue weighted by Gasteiger charge is -2.34. The van der Waals surface area contributed by atoms with Crippen molar-refractivity contribution in [2.75, 3.05) is 18.0 Å². The van der Waals surface area contributed by atoms with Crippen LogP contribution in [0.3, 0.4) is 0 Å². The van der Waals surface area contributed by atoms with Gasteiger partial charge in [0.25, 0.3) is 0 Å². The predicted octanol–water partition coefficient (Wildman–Crippen LogP) is 4.71. The number of para-hydroxylation sites is 1. The molecule has 0 amide bonds. The number of halogens is 2. The van der Waals surface area contributed by atoms with E-state index >= 15 is 0 Å². The average molecular weight is 272 g/mol. The normalized spacial score (nSPS) is 15.7. The highest BCUT2D eigenvalue weighted by molar-refractivity contribution is 6.33. The first-order valence-electron chi connectivity index (χ1n) is 6.34. The molecule has 1 saturated carbocycles. The maximum atomic E-state index is 6.33. The smallest absolute Gasteiger partial charge is 0.0642 e. The van der Waals surface area contributed by atoms with Crippen molar-refractivity contribution in [3.63, 3.8) is 0 Å². The van der Waals surface area contributed by atoms with Gasteiger partial charge in [-0.1, -0.05) is 30.2 Å². The third-order valence-corrected chi connectivity index (χ3v) is 4.21. The molecule has 17 heavy (non-hydrogen) atoms. The summed E-state index contributed by atoms with van der Waals surface area (Å²) in [6.45, 7) is 4.29. The van der Waals surface area contributed by atoms with Crippen LogP contribution < -0.4 is 4.90 Å². The van der Waals surface area contributed by atoms with Crippen molar-refractivity contribution in [1.29, 1.82) is 0 Å². The van der Waals surface area contributed by atoms with Gasteiger partial charge in [-0.25, -0.2) is 0 Å². The molecule has 1 aliphatic rings. The first-order valence-corrected chi connectivity index (χ1v) is 7.25. The molecule has 0 radical (unpaired) electrons. The van der Waals surface area contributed by atoms with E-state index in [9.17, 15) is 0 Å². The van der Waals surface area contributed by atoms with Crippen molar-refractivity contribution in [3.05, 3.63) is 28.8 Å². The minimum absolute atomic E-state index is 0.525. The Morgan fingerprint density at radius 2 is 2.12 bits per heavy atom. The highest BCUT2D eigenvalue weighted by Crippen LogP contribution is 2.34. The van der Waals surface area contributed by atoms with Crippen molar-refractivity contribution < 1.29 is 0 Å². The van der Waals surface area contributed by atoms with Crippen molar-refractivity contribution >= 4 is 28.9 Å². The number of nitrogens with zero attached hydrogens (tertiary/aromatic N) is 1. The molecule has 0 heterocycles. The molecule has 94 valence electrons. The van der Waals surface area contributed by atoms with Crippen LogP contribution in [0.5, 0.6) is 0 Å². The molecule has 2 rings (SSSR count). The number of hydrogen-bond donors (Lipinski definition) is 0. The van der Waals surface area contributed by atoms with E-state index in [4.69, 9.17) is 23.2 Å². The molecule has 1 fully saturated rings. The summed E-state index contributed by atoms with van der Waals surface area (Å²) in [6.07, 6.45) is 4.10. The minimum atomic E-state index is 0.525. The lowest BCUT2D eigenvalue weighted by molar-refractivity contribution is 0.318. The second-order valence-corrected chi connectivity index (χ2v) is 5.39. The Kier molecular flexibility index (Phi) is 4.58. The van der Waals surface area contributed by atoms with Crippen molar-refractivity contribution in [3.8, 4) is 0 Å². The maximum Gasteiger partial charge on any atom is 0.0642 e. The molecule has 0 atom stereocenters. The predicted molar refractivity (Wildman–Crippen MR) is 76.2 cm³/mol. The van der Waals surface area contributed by atoms with Crippen LogP contribution in [-0.4, -0.2) is 13.1 Å². The highest BCUT2D eigenvalue weighted by atomic mass is 35.5. The second-order valence-electron chi connectivity index (χ2n) is 4.72. The Balaban J connectivity index is 2.21. The summed E-state index contributed by atoms with van der Waals surface area (Å²) in [5.41, 5.74) is 2.28. The van der Waals surface area contributed by atoms with Gasteiger partial charge in [0.05, 0.1) is 10.7 Å². The van der Waals surface area contributed by atoms with Crippen molar-refractivity contribution in [2.24, 2.45) is 5.92 Å². The molecule has 0 aromatic heterocycles. The van der Waals surface area contributed by atoms with E-state index in [1.807, 2.05) is 12.1 Å². The number of anilines is 1. The summed E-state index contributed by atoms with van der Waals surface area (Å²) in [5, 5.41) is 0.823. The molecule has 0 aliphatic heterocycles. The molecule has 1 aromatic rings.